The van der Waals surface area contributed by atoms with Crippen LogP contribution >= 0.6 is 11.6 Å². The highest BCUT2D eigenvalue weighted by atomic mass is 35.5. The Balaban J connectivity index is 2.07. The Labute approximate surface area is 115 Å². The summed E-state index contributed by atoms with van der Waals surface area (Å²) in [4.78, 5) is 28.7. The third-order valence-corrected chi connectivity index (χ3v) is 3.87. The molecule has 1 aromatic heterocycles. The molecule has 2 heterocycles. The molecule has 1 N–H and O–H groups in total. The minimum atomic E-state index is -0.0773. The number of halogens is 1. The summed E-state index contributed by atoms with van der Waals surface area (Å²) in [6.45, 7) is 0.566. The lowest BCUT2D eigenvalue weighted by Gasteiger charge is -2.16. The third-order valence-electron chi connectivity index (χ3n) is 3.44. The second-order valence-electron chi connectivity index (χ2n) is 4.79. The number of benzene rings is 1. The summed E-state index contributed by atoms with van der Waals surface area (Å²) in [6.07, 6.45) is 0.443. The van der Waals surface area contributed by atoms with E-state index in [1.165, 1.54) is 6.07 Å². The normalized spacial score (nSPS) is 19.3. The first-order valence-electron chi connectivity index (χ1n) is 6.17. The number of H-pyrrole nitrogens is 1. The van der Waals surface area contributed by atoms with E-state index in [1.807, 2.05) is 18.2 Å². The lowest BCUT2D eigenvalue weighted by atomic mass is 10.1. The number of pyridine rings is 1. The van der Waals surface area contributed by atoms with Crippen molar-refractivity contribution in [3.05, 3.63) is 40.6 Å². The molecule has 4 nitrogen and oxygen atoms in total. The Morgan fingerprint density at radius 1 is 1.32 bits per heavy atom. The van der Waals surface area contributed by atoms with E-state index in [4.69, 9.17) is 11.6 Å². The van der Waals surface area contributed by atoms with Crippen molar-refractivity contribution in [1.29, 1.82) is 0 Å². The van der Waals surface area contributed by atoms with Crippen molar-refractivity contribution in [3.8, 4) is 0 Å². The zero-order valence-corrected chi connectivity index (χ0v) is 11.0. The fourth-order valence-corrected chi connectivity index (χ4v) is 2.65. The maximum absolute atomic E-state index is 12.0. The van der Waals surface area contributed by atoms with Gasteiger partial charge in [0, 0.05) is 30.3 Å². The number of aromatic amines is 1. The van der Waals surface area contributed by atoms with Crippen LogP contribution in [0.5, 0.6) is 0 Å². The summed E-state index contributed by atoms with van der Waals surface area (Å²) in [5.74, 6) is 1.18. The number of carbonyl (C=O) groups excluding carboxylic acids is 1. The molecule has 1 amide bonds. The summed E-state index contributed by atoms with van der Waals surface area (Å²) in [7, 11) is 0. The van der Waals surface area contributed by atoms with Crippen LogP contribution in [-0.4, -0.2) is 23.3 Å². The highest BCUT2D eigenvalue weighted by molar-refractivity contribution is 6.18. The molecule has 1 atom stereocenters. The van der Waals surface area contributed by atoms with E-state index in [9.17, 15) is 9.59 Å². The molecule has 1 aliphatic rings. The van der Waals surface area contributed by atoms with Gasteiger partial charge in [0.05, 0.1) is 5.52 Å². The molecule has 1 saturated heterocycles. The van der Waals surface area contributed by atoms with Crippen LogP contribution in [0.25, 0.3) is 10.9 Å². The van der Waals surface area contributed by atoms with Crippen LogP contribution in [0.4, 0.5) is 5.82 Å². The molecule has 1 fully saturated rings. The van der Waals surface area contributed by atoms with Crippen molar-refractivity contribution in [2.24, 2.45) is 5.92 Å². The first-order chi connectivity index (χ1) is 9.19. The summed E-state index contributed by atoms with van der Waals surface area (Å²) < 4.78 is 0. The molecule has 0 spiro atoms. The van der Waals surface area contributed by atoms with Gasteiger partial charge in [-0.25, -0.2) is 0 Å². The molecule has 1 aliphatic heterocycles. The summed E-state index contributed by atoms with van der Waals surface area (Å²) in [5.41, 5.74) is 0.665. The van der Waals surface area contributed by atoms with E-state index in [2.05, 4.69) is 4.98 Å². The van der Waals surface area contributed by atoms with Gasteiger partial charge >= 0.3 is 0 Å². The summed E-state index contributed by atoms with van der Waals surface area (Å²) in [6, 6.07) is 8.76. The Bertz CT molecular complexity index is 695. The first kappa shape index (κ1) is 12.2. The fourth-order valence-electron chi connectivity index (χ4n) is 2.45. The average Bonchev–Trinajstić information content (AvgIpc) is 2.80. The van der Waals surface area contributed by atoms with Crippen molar-refractivity contribution in [1.82, 2.24) is 4.98 Å². The molecule has 19 heavy (non-hydrogen) atoms. The molecule has 0 saturated carbocycles. The van der Waals surface area contributed by atoms with Gasteiger partial charge in [0.2, 0.25) is 5.91 Å². The Hall–Kier alpha value is -1.81. The fraction of sp³-hybridized carbons (Fsp3) is 0.286. The number of hydrogen-bond acceptors (Lipinski definition) is 2. The van der Waals surface area contributed by atoms with E-state index in [0.29, 0.717) is 30.0 Å². The predicted octanol–water partition coefficient (Wildman–Crippen LogP) is 2.12. The number of fused-ring (bicyclic) bond motifs is 1. The third kappa shape index (κ3) is 2.12. The van der Waals surface area contributed by atoms with Crippen molar-refractivity contribution >= 4 is 34.2 Å². The molecule has 1 aromatic carbocycles. The number of amides is 1. The van der Waals surface area contributed by atoms with Crippen LogP contribution in [-0.2, 0) is 4.79 Å². The van der Waals surface area contributed by atoms with Crippen molar-refractivity contribution in [3.63, 3.8) is 0 Å². The second kappa shape index (κ2) is 4.70. The summed E-state index contributed by atoms with van der Waals surface area (Å²) in [5, 5.41) is 0.631. The van der Waals surface area contributed by atoms with Gasteiger partial charge < -0.3 is 4.98 Å². The lowest BCUT2D eigenvalue weighted by Crippen LogP contribution is -2.27. The zero-order valence-electron chi connectivity index (χ0n) is 10.2. The lowest BCUT2D eigenvalue weighted by molar-refractivity contribution is -0.117. The topological polar surface area (TPSA) is 53.2 Å². The highest BCUT2D eigenvalue weighted by Crippen LogP contribution is 2.24. The Morgan fingerprint density at radius 3 is 2.84 bits per heavy atom. The quantitative estimate of drug-likeness (QED) is 0.854. The first-order valence-corrected chi connectivity index (χ1v) is 6.71. The van der Waals surface area contributed by atoms with Crippen molar-refractivity contribution in [2.45, 2.75) is 6.42 Å². The SMILES string of the molecule is O=C1CC(CCl)CN1c1cc(=O)c2ccccc2[nH]1. The largest absolute Gasteiger partial charge is 0.341 e. The molecular weight excluding hydrogens is 264 g/mol. The van der Waals surface area contributed by atoms with Crippen LogP contribution < -0.4 is 10.3 Å². The number of nitrogens with zero attached hydrogens (tertiary/aromatic N) is 1. The molecule has 5 heteroatoms. The number of aromatic nitrogens is 1. The van der Waals surface area contributed by atoms with Gasteiger partial charge in [-0.1, -0.05) is 12.1 Å². The number of anilines is 1. The van der Waals surface area contributed by atoms with Crippen LogP contribution in [0.15, 0.2) is 35.1 Å². The molecule has 98 valence electrons. The number of alkyl halides is 1. The second-order valence-corrected chi connectivity index (χ2v) is 5.10. The zero-order chi connectivity index (χ0) is 13.4. The van der Waals surface area contributed by atoms with Gasteiger partial charge in [0.1, 0.15) is 5.82 Å². The van der Waals surface area contributed by atoms with Crippen molar-refractivity contribution in [2.75, 3.05) is 17.3 Å². The van der Waals surface area contributed by atoms with E-state index in [-0.39, 0.29) is 17.3 Å². The molecule has 0 bridgehead atoms. The maximum atomic E-state index is 12.0. The molecular formula is C14H13ClN2O2. The number of nitrogens with one attached hydrogen (secondary N) is 1. The van der Waals surface area contributed by atoms with Crippen LogP contribution in [0.2, 0.25) is 0 Å². The van der Waals surface area contributed by atoms with E-state index in [0.717, 1.165) is 5.52 Å². The molecule has 3 rings (SSSR count). The Morgan fingerprint density at radius 2 is 2.11 bits per heavy atom. The highest BCUT2D eigenvalue weighted by Gasteiger charge is 2.30. The number of rotatable bonds is 2. The van der Waals surface area contributed by atoms with Gasteiger partial charge in [0.25, 0.3) is 0 Å². The summed E-state index contributed by atoms with van der Waals surface area (Å²) >= 11 is 5.80. The average molecular weight is 277 g/mol. The van der Waals surface area contributed by atoms with Crippen molar-refractivity contribution < 1.29 is 4.79 Å². The molecule has 0 radical (unpaired) electrons. The predicted molar refractivity (Wildman–Crippen MR) is 75.7 cm³/mol. The smallest absolute Gasteiger partial charge is 0.228 e. The van der Waals surface area contributed by atoms with Gasteiger partial charge in [-0.05, 0) is 18.1 Å². The minimum Gasteiger partial charge on any atom is -0.341 e. The molecule has 1 unspecified atom stereocenters. The van der Waals surface area contributed by atoms with Crippen LogP contribution in [0, 0.1) is 5.92 Å². The van der Waals surface area contributed by atoms with E-state index in [1.54, 1.807) is 11.0 Å². The van der Waals surface area contributed by atoms with Gasteiger partial charge in [-0.15, -0.1) is 11.6 Å². The van der Waals surface area contributed by atoms with Gasteiger partial charge in [0.15, 0.2) is 5.43 Å². The molecule has 0 aliphatic carbocycles. The number of hydrogen-bond donors (Lipinski definition) is 1. The Kier molecular flexibility index (Phi) is 3.03. The van der Waals surface area contributed by atoms with Crippen LogP contribution in [0.3, 0.4) is 0 Å². The van der Waals surface area contributed by atoms with E-state index >= 15 is 0 Å². The standard InChI is InChI=1S/C14H13ClN2O2/c15-7-9-5-14(19)17(8-9)13-6-12(18)10-3-1-2-4-11(10)16-13/h1-4,6,9H,5,7-8H2,(H,16,18). The van der Waals surface area contributed by atoms with E-state index < -0.39 is 0 Å². The van der Waals surface area contributed by atoms with Crippen LogP contribution in [0.1, 0.15) is 6.42 Å². The van der Waals surface area contributed by atoms with Gasteiger partial charge in [-0.2, -0.15) is 0 Å². The van der Waals surface area contributed by atoms with Gasteiger partial charge in [-0.3, -0.25) is 14.5 Å². The molecule has 2 aromatic rings. The monoisotopic (exact) mass is 276 g/mol. The minimum absolute atomic E-state index is 0.0107. The maximum Gasteiger partial charge on any atom is 0.228 e. The number of para-hydroxylation sites is 1. The number of carbonyl (C=O) groups is 1.